The number of benzene rings is 1. The summed E-state index contributed by atoms with van der Waals surface area (Å²) in [6, 6.07) is 5.27. The highest BCUT2D eigenvalue weighted by Gasteiger charge is 2.11. The highest BCUT2D eigenvalue weighted by Crippen LogP contribution is 2.25. The van der Waals surface area contributed by atoms with Crippen LogP contribution in [0.25, 0.3) is 0 Å². The molecule has 1 aromatic rings. The highest BCUT2D eigenvalue weighted by molar-refractivity contribution is 5.98. The van der Waals surface area contributed by atoms with E-state index in [9.17, 15) is 4.79 Å². The average Bonchev–Trinajstić information content (AvgIpc) is 2.28. The minimum Gasteiger partial charge on any atom is -0.496 e. The van der Waals surface area contributed by atoms with Gasteiger partial charge in [-0.15, -0.1) is 0 Å². The van der Waals surface area contributed by atoms with E-state index >= 15 is 0 Å². The minimum absolute atomic E-state index is 0.0786. The van der Waals surface area contributed by atoms with Crippen LogP contribution in [-0.2, 0) is 0 Å². The third-order valence-electron chi connectivity index (χ3n) is 2.11. The molecule has 0 fully saturated rings. The third kappa shape index (κ3) is 2.72. The van der Waals surface area contributed by atoms with Crippen LogP contribution >= 0.6 is 0 Å². The first-order valence-electron chi connectivity index (χ1n) is 5.07. The molecule has 0 saturated heterocycles. The Morgan fingerprint density at radius 3 is 2.60 bits per heavy atom. The van der Waals surface area contributed by atoms with Crippen LogP contribution in [0.4, 0.5) is 0 Å². The van der Waals surface area contributed by atoms with E-state index in [1.54, 1.807) is 25.3 Å². The van der Waals surface area contributed by atoms with Crippen LogP contribution in [0.2, 0.25) is 0 Å². The molecule has 0 amide bonds. The smallest absolute Gasteiger partial charge is 0.166 e. The fourth-order valence-corrected chi connectivity index (χ4v) is 1.35. The van der Waals surface area contributed by atoms with Gasteiger partial charge in [0.15, 0.2) is 5.78 Å². The van der Waals surface area contributed by atoms with Crippen molar-refractivity contribution in [2.24, 2.45) is 0 Å². The van der Waals surface area contributed by atoms with E-state index in [2.05, 4.69) is 0 Å². The molecule has 82 valence electrons. The van der Waals surface area contributed by atoms with Crippen molar-refractivity contribution in [2.45, 2.75) is 20.3 Å². The van der Waals surface area contributed by atoms with Crippen molar-refractivity contribution in [3.8, 4) is 11.5 Å². The molecule has 0 spiro atoms. The van der Waals surface area contributed by atoms with Gasteiger partial charge in [0.05, 0.1) is 19.3 Å². The Labute approximate surface area is 90.0 Å². The predicted octanol–water partition coefficient (Wildman–Crippen LogP) is 2.69. The normalized spacial score (nSPS) is 9.80. The molecule has 0 aromatic heterocycles. The summed E-state index contributed by atoms with van der Waals surface area (Å²) in [5, 5.41) is 0. The first-order chi connectivity index (χ1) is 7.22. The molecule has 15 heavy (non-hydrogen) atoms. The quantitative estimate of drug-likeness (QED) is 0.698. The maximum absolute atomic E-state index is 11.5. The predicted molar refractivity (Wildman–Crippen MR) is 58.8 cm³/mol. The Bertz CT molecular complexity index is 345. The van der Waals surface area contributed by atoms with Crippen LogP contribution in [0.5, 0.6) is 11.5 Å². The van der Waals surface area contributed by atoms with Gasteiger partial charge in [0.25, 0.3) is 0 Å². The molecular formula is C12H16O3. The van der Waals surface area contributed by atoms with Crippen molar-refractivity contribution in [1.82, 2.24) is 0 Å². The van der Waals surface area contributed by atoms with E-state index in [1.165, 1.54) is 0 Å². The number of methoxy groups -OCH3 is 1. The molecule has 0 N–H and O–H groups in total. The summed E-state index contributed by atoms with van der Waals surface area (Å²) >= 11 is 0. The van der Waals surface area contributed by atoms with Gasteiger partial charge in [-0.05, 0) is 19.1 Å². The highest BCUT2D eigenvalue weighted by atomic mass is 16.5. The Morgan fingerprint density at radius 1 is 1.33 bits per heavy atom. The molecule has 0 radical (unpaired) electrons. The molecule has 1 rings (SSSR count). The maximum Gasteiger partial charge on any atom is 0.166 e. The molecule has 0 saturated carbocycles. The molecule has 1 aromatic carbocycles. The number of ether oxygens (including phenoxy) is 2. The third-order valence-corrected chi connectivity index (χ3v) is 2.11. The molecule has 3 nitrogen and oxygen atoms in total. The van der Waals surface area contributed by atoms with Crippen LogP contribution in [0.3, 0.4) is 0 Å². The number of hydrogen-bond acceptors (Lipinski definition) is 3. The largest absolute Gasteiger partial charge is 0.496 e. The Hall–Kier alpha value is -1.51. The second-order valence-corrected chi connectivity index (χ2v) is 3.07. The van der Waals surface area contributed by atoms with Gasteiger partial charge in [-0.25, -0.2) is 0 Å². The molecule has 0 unspecified atom stereocenters. The Kier molecular flexibility index (Phi) is 4.16. The lowest BCUT2D eigenvalue weighted by Crippen LogP contribution is -2.01. The van der Waals surface area contributed by atoms with Gasteiger partial charge in [-0.2, -0.15) is 0 Å². The lowest BCUT2D eigenvalue weighted by molar-refractivity contribution is 0.0985. The van der Waals surface area contributed by atoms with Gasteiger partial charge in [-0.3, -0.25) is 4.79 Å². The second kappa shape index (κ2) is 5.39. The monoisotopic (exact) mass is 208 g/mol. The van der Waals surface area contributed by atoms with Gasteiger partial charge in [0.1, 0.15) is 11.5 Å². The van der Waals surface area contributed by atoms with Crippen LogP contribution < -0.4 is 9.47 Å². The minimum atomic E-state index is 0.0786. The van der Waals surface area contributed by atoms with Gasteiger partial charge in [-0.1, -0.05) is 6.92 Å². The molecule has 0 aliphatic carbocycles. The fraction of sp³-hybridized carbons (Fsp3) is 0.417. The summed E-state index contributed by atoms with van der Waals surface area (Å²) in [5.74, 6) is 1.38. The van der Waals surface area contributed by atoms with Gasteiger partial charge in [0, 0.05) is 12.5 Å². The zero-order chi connectivity index (χ0) is 11.3. The Morgan fingerprint density at radius 2 is 2.07 bits per heavy atom. The molecule has 0 aliphatic heterocycles. The van der Waals surface area contributed by atoms with Crippen molar-refractivity contribution in [3.63, 3.8) is 0 Å². The molecule has 0 bridgehead atoms. The molecule has 0 atom stereocenters. The molecule has 3 heteroatoms. The number of Topliss-reactive ketones (excluding diaryl/α,β-unsaturated/α-hetero) is 1. The van der Waals surface area contributed by atoms with E-state index in [0.717, 1.165) is 5.75 Å². The summed E-state index contributed by atoms with van der Waals surface area (Å²) in [6.07, 6.45) is 0.477. The van der Waals surface area contributed by atoms with Crippen LogP contribution in [0.15, 0.2) is 18.2 Å². The number of ketones is 1. The van der Waals surface area contributed by atoms with Crippen molar-refractivity contribution >= 4 is 5.78 Å². The zero-order valence-corrected chi connectivity index (χ0v) is 9.37. The van der Waals surface area contributed by atoms with E-state index in [1.807, 2.05) is 13.8 Å². The maximum atomic E-state index is 11.5. The molecule has 0 aliphatic rings. The first-order valence-corrected chi connectivity index (χ1v) is 5.07. The average molecular weight is 208 g/mol. The number of hydrogen-bond donors (Lipinski definition) is 0. The topological polar surface area (TPSA) is 35.5 Å². The van der Waals surface area contributed by atoms with Crippen molar-refractivity contribution in [2.75, 3.05) is 13.7 Å². The van der Waals surface area contributed by atoms with E-state index in [0.29, 0.717) is 24.3 Å². The number of rotatable bonds is 5. The zero-order valence-electron chi connectivity index (χ0n) is 9.37. The first kappa shape index (κ1) is 11.6. The summed E-state index contributed by atoms with van der Waals surface area (Å²) in [5.41, 5.74) is 0.614. The van der Waals surface area contributed by atoms with E-state index in [4.69, 9.17) is 9.47 Å². The number of carbonyl (C=O) groups excluding carboxylic acids is 1. The van der Waals surface area contributed by atoms with E-state index in [-0.39, 0.29) is 5.78 Å². The van der Waals surface area contributed by atoms with Gasteiger partial charge < -0.3 is 9.47 Å². The lowest BCUT2D eigenvalue weighted by atomic mass is 10.1. The summed E-state index contributed by atoms with van der Waals surface area (Å²) < 4.78 is 10.5. The van der Waals surface area contributed by atoms with Gasteiger partial charge in [0.2, 0.25) is 0 Å². The standard InChI is InChI=1S/C12H16O3/c1-4-11(13)10-7-6-9(15-5-2)8-12(10)14-3/h6-8H,4-5H2,1-3H3. The van der Waals surface area contributed by atoms with Crippen LogP contribution in [0, 0.1) is 0 Å². The summed E-state index contributed by atoms with van der Waals surface area (Å²) in [6.45, 7) is 4.35. The van der Waals surface area contributed by atoms with Crippen molar-refractivity contribution in [1.29, 1.82) is 0 Å². The second-order valence-electron chi connectivity index (χ2n) is 3.07. The van der Waals surface area contributed by atoms with Crippen LogP contribution in [-0.4, -0.2) is 19.5 Å². The fourth-order valence-electron chi connectivity index (χ4n) is 1.35. The molecular weight excluding hydrogens is 192 g/mol. The summed E-state index contributed by atoms with van der Waals surface area (Å²) in [7, 11) is 1.55. The lowest BCUT2D eigenvalue weighted by Gasteiger charge is -2.09. The van der Waals surface area contributed by atoms with Crippen LogP contribution in [0.1, 0.15) is 30.6 Å². The summed E-state index contributed by atoms with van der Waals surface area (Å²) in [4.78, 5) is 11.5. The Balaban J connectivity index is 3.03. The van der Waals surface area contributed by atoms with Gasteiger partial charge >= 0.3 is 0 Å². The van der Waals surface area contributed by atoms with Crippen molar-refractivity contribution in [3.05, 3.63) is 23.8 Å². The SMILES string of the molecule is CCOc1ccc(C(=O)CC)c(OC)c1. The number of carbonyl (C=O) groups is 1. The van der Waals surface area contributed by atoms with E-state index < -0.39 is 0 Å². The molecule has 0 heterocycles. The van der Waals surface area contributed by atoms with Crippen molar-refractivity contribution < 1.29 is 14.3 Å².